The highest BCUT2D eigenvalue weighted by Crippen LogP contribution is 2.16. The Bertz CT molecular complexity index is 343. The average molecular weight is 169 g/mol. The Morgan fingerprint density at radius 2 is 1.83 bits per heavy atom. The summed E-state index contributed by atoms with van der Waals surface area (Å²) in [5, 5.41) is 24.0. The Morgan fingerprint density at radius 3 is 2.33 bits per heavy atom. The standard InChI is InChI=1S/C6H4FN3O2/c7-3-1-4(8)5(9)2-6(3)10(11)12/h1-2,8-9H. The van der Waals surface area contributed by atoms with Gasteiger partial charge in [-0.3, -0.25) is 20.9 Å². The molecule has 6 heteroatoms. The molecular formula is C6H4FN3O2. The van der Waals surface area contributed by atoms with Gasteiger partial charge in [0.2, 0.25) is 5.83 Å². The van der Waals surface area contributed by atoms with E-state index in [0.29, 0.717) is 6.08 Å². The molecule has 0 spiro atoms. The molecule has 0 unspecified atom stereocenters. The second-order valence-corrected chi connectivity index (χ2v) is 2.11. The van der Waals surface area contributed by atoms with E-state index in [1.165, 1.54) is 0 Å². The van der Waals surface area contributed by atoms with E-state index in [0.717, 1.165) is 6.08 Å². The Balaban J connectivity index is 3.13. The Morgan fingerprint density at radius 1 is 1.33 bits per heavy atom. The molecule has 2 N–H and O–H groups in total. The summed E-state index contributed by atoms with van der Waals surface area (Å²) in [6.45, 7) is 0. The van der Waals surface area contributed by atoms with Crippen molar-refractivity contribution in [3.8, 4) is 0 Å². The van der Waals surface area contributed by atoms with Crippen molar-refractivity contribution in [2.24, 2.45) is 0 Å². The van der Waals surface area contributed by atoms with E-state index < -0.39 is 16.4 Å². The number of rotatable bonds is 1. The monoisotopic (exact) mass is 169 g/mol. The third-order valence-corrected chi connectivity index (χ3v) is 1.28. The molecule has 0 saturated carbocycles. The van der Waals surface area contributed by atoms with Gasteiger partial charge >= 0.3 is 5.70 Å². The van der Waals surface area contributed by atoms with Gasteiger partial charge in [-0.1, -0.05) is 0 Å². The first-order chi connectivity index (χ1) is 5.52. The number of nitrogens with zero attached hydrogens (tertiary/aromatic N) is 1. The lowest BCUT2D eigenvalue weighted by molar-refractivity contribution is -0.422. The first kappa shape index (κ1) is 8.25. The molecular weight excluding hydrogens is 165 g/mol. The molecule has 1 rings (SSSR count). The minimum Gasteiger partial charge on any atom is -0.299 e. The van der Waals surface area contributed by atoms with Gasteiger partial charge < -0.3 is 0 Å². The summed E-state index contributed by atoms with van der Waals surface area (Å²) in [6, 6.07) is 0. The molecule has 0 aromatic carbocycles. The molecule has 0 heterocycles. The molecule has 1 aliphatic carbocycles. The summed E-state index contributed by atoms with van der Waals surface area (Å²) in [5.74, 6) is -1.08. The Kier molecular flexibility index (Phi) is 1.82. The minimum absolute atomic E-state index is 0.358. The SMILES string of the molecule is N=C1C=C(F)C([N+](=O)[O-])=CC1=N. The van der Waals surface area contributed by atoms with Gasteiger partial charge in [-0.05, 0) is 0 Å². The van der Waals surface area contributed by atoms with E-state index in [4.69, 9.17) is 10.8 Å². The van der Waals surface area contributed by atoms with Crippen molar-refractivity contribution < 1.29 is 9.31 Å². The quantitative estimate of drug-likeness (QED) is 0.349. The predicted octanol–water partition coefficient (Wildman–Crippen LogP) is 1.05. The van der Waals surface area contributed by atoms with Crippen molar-refractivity contribution in [2.75, 3.05) is 0 Å². The van der Waals surface area contributed by atoms with Crippen molar-refractivity contribution in [2.45, 2.75) is 0 Å². The largest absolute Gasteiger partial charge is 0.307 e. The molecule has 0 aromatic heterocycles. The van der Waals surface area contributed by atoms with Crippen LogP contribution < -0.4 is 0 Å². The molecule has 0 amide bonds. The third-order valence-electron chi connectivity index (χ3n) is 1.28. The normalized spacial score (nSPS) is 17.1. The molecule has 0 fully saturated rings. The maximum absolute atomic E-state index is 12.6. The summed E-state index contributed by atoms with van der Waals surface area (Å²) in [4.78, 5) is 9.18. The maximum Gasteiger partial charge on any atom is 0.307 e. The lowest BCUT2D eigenvalue weighted by Crippen LogP contribution is -2.15. The van der Waals surface area contributed by atoms with Crippen LogP contribution in [0.5, 0.6) is 0 Å². The van der Waals surface area contributed by atoms with E-state index >= 15 is 0 Å². The number of hydrogen-bond donors (Lipinski definition) is 2. The van der Waals surface area contributed by atoms with Gasteiger partial charge in [-0.15, -0.1) is 0 Å². The summed E-state index contributed by atoms with van der Waals surface area (Å²) in [5.41, 5.74) is -1.49. The van der Waals surface area contributed by atoms with Crippen LogP contribution in [0.25, 0.3) is 0 Å². The fourth-order valence-corrected chi connectivity index (χ4v) is 0.702. The fourth-order valence-electron chi connectivity index (χ4n) is 0.702. The average Bonchev–Trinajstić information content (AvgIpc) is 1.96. The number of hydrogen-bond acceptors (Lipinski definition) is 4. The molecule has 0 atom stereocenters. The molecule has 0 aromatic rings. The summed E-state index contributed by atoms with van der Waals surface area (Å²) in [6.07, 6.45) is 1.37. The zero-order valence-electron chi connectivity index (χ0n) is 5.80. The van der Waals surface area contributed by atoms with Gasteiger partial charge in [0.15, 0.2) is 0 Å². The van der Waals surface area contributed by atoms with Crippen molar-refractivity contribution in [1.29, 1.82) is 10.8 Å². The molecule has 62 valence electrons. The fraction of sp³-hybridized carbons (Fsp3) is 0. The van der Waals surface area contributed by atoms with Crippen LogP contribution in [0, 0.1) is 20.9 Å². The molecule has 0 radical (unpaired) electrons. The third kappa shape index (κ3) is 1.26. The van der Waals surface area contributed by atoms with Gasteiger partial charge in [-0.2, -0.15) is 4.39 Å². The van der Waals surface area contributed by atoms with Crippen LogP contribution >= 0.6 is 0 Å². The van der Waals surface area contributed by atoms with Gasteiger partial charge in [0, 0.05) is 12.2 Å². The van der Waals surface area contributed by atoms with Crippen LogP contribution in [0.1, 0.15) is 0 Å². The molecule has 0 aliphatic heterocycles. The molecule has 0 saturated heterocycles. The van der Waals surface area contributed by atoms with Crippen LogP contribution in [-0.4, -0.2) is 16.3 Å². The second kappa shape index (κ2) is 2.65. The molecule has 12 heavy (non-hydrogen) atoms. The Hall–Kier alpha value is -1.85. The molecule has 1 aliphatic rings. The first-order valence-electron chi connectivity index (χ1n) is 2.93. The van der Waals surface area contributed by atoms with Crippen molar-refractivity contribution >= 4 is 11.4 Å². The van der Waals surface area contributed by atoms with Gasteiger partial charge in [0.25, 0.3) is 0 Å². The van der Waals surface area contributed by atoms with E-state index in [9.17, 15) is 14.5 Å². The van der Waals surface area contributed by atoms with Gasteiger partial charge in [-0.25, -0.2) is 0 Å². The number of nitrogens with one attached hydrogen (secondary N) is 2. The zero-order chi connectivity index (χ0) is 9.30. The summed E-state index contributed by atoms with van der Waals surface area (Å²) in [7, 11) is 0. The van der Waals surface area contributed by atoms with E-state index in [2.05, 4.69) is 0 Å². The molecule has 5 nitrogen and oxygen atoms in total. The van der Waals surface area contributed by atoms with Crippen molar-refractivity contribution in [3.05, 3.63) is 33.8 Å². The van der Waals surface area contributed by atoms with E-state index in [-0.39, 0.29) is 11.4 Å². The van der Waals surface area contributed by atoms with Crippen molar-refractivity contribution in [1.82, 2.24) is 0 Å². The zero-order valence-corrected chi connectivity index (χ0v) is 5.80. The van der Waals surface area contributed by atoms with Crippen LogP contribution in [0.4, 0.5) is 4.39 Å². The predicted molar refractivity (Wildman–Crippen MR) is 39.7 cm³/mol. The van der Waals surface area contributed by atoms with Gasteiger partial charge in [0.05, 0.1) is 16.3 Å². The lowest BCUT2D eigenvalue weighted by Gasteiger charge is -2.02. The number of allylic oxidation sites excluding steroid dienone is 3. The summed E-state index contributed by atoms with van der Waals surface area (Å²) < 4.78 is 12.6. The number of halogens is 1. The maximum atomic E-state index is 12.6. The van der Waals surface area contributed by atoms with Crippen LogP contribution in [0.15, 0.2) is 23.7 Å². The van der Waals surface area contributed by atoms with Crippen LogP contribution in [0.3, 0.4) is 0 Å². The van der Waals surface area contributed by atoms with E-state index in [1.807, 2.05) is 0 Å². The summed E-state index contributed by atoms with van der Waals surface area (Å²) >= 11 is 0. The highest BCUT2D eigenvalue weighted by Gasteiger charge is 2.24. The second-order valence-electron chi connectivity index (χ2n) is 2.11. The van der Waals surface area contributed by atoms with Crippen LogP contribution in [-0.2, 0) is 0 Å². The van der Waals surface area contributed by atoms with E-state index in [1.54, 1.807) is 0 Å². The van der Waals surface area contributed by atoms with Crippen molar-refractivity contribution in [3.63, 3.8) is 0 Å². The topological polar surface area (TPSA) is 90.8 Å². The molecule has 0 bridgehead atoms. The minimum atomic E-state index is -1.08. The first-order valence-corrected chi connectivity index (χ1v) is 2.93. The smallest absolute Gasteiger partial charge is 0.299 e. The van der Waals surface area contributed by atoms with Crippen LogP contribution in [0.2, 0.25) is 0 Å². The Labute approximate surface area is 66.4 Å². The van der Waals surface area contributed by atoms with Gasteiger partial charge in [0.1, 0.15) is 0 Å². The highest BCUT2D eigenvalue weighted by molar-refractivity contribution is 6.49. The highest BCUT2D eigenvalue weighted by atomic mass is 19.1. The lowest BCUT2D eigenvalue weighted by atomic mass is 10.1. The number of nitro groups is 1.